The van der Waals surface area contributed by atoms with Crippen molar-refractivity contribution in [2.45, 2.75) is 45.8 Å². The molecule has 26 heavy (non-hydrogen) atoms. The van der Waals surface area contributed by atoms with E-state index in [4.69, 9.17) is 4.74 Å². The topological polar surface area (TPSA) is 61.0 Å². The van der Waals surface area contributed by atoms with Gasteiger partial charge in [-0.25, -0.2) is 0 Å². The summed E-state index contributed by atoms with van der Waals surface area (Å²) in [7, 11) is 0. The van der Waals surface area contributed by atoms with Crippen LogP contribution in [0.5, 0.6) is 0 Å². The molecule has 0 bridgehead atoms. The molecular formula is C19H24N6O. The Balaban J connectivity index is 1.46. The molecule has 0 saturated heterocycles. The molecule has 1 aliphatic heterocycles. The van der Waals surface area contributed by atoms with Crippen LogP contribution in [0, 0.1) is 0 Å². The summed E-state index contributed by atoms with van der Waals surface area (Å²) in [5, 5.41) is 8.85. The van der Waals surface area contributed by atoms with Crippen molar-refractivity contribution in [2.75, 3.05) is 6.54 Å². The van der Waals surface area contributed by atoms with Crippen LogP contribution < -0.4 is 0 Å². The molecule has 0 radical (unpaired) electrons. The molecule has 0 fully saturated rings. The van der Waals surface area contributed by atoms with E-state index in [1.54, 1.807) is 12.4 Å². The van der Waals surface area contributed by atoms with Gasteiger partial charge in [-0.3, -0.25) is 19.2 Å². The highest BCUT2D eigenvalue weighted by molar-refractivity contribution is 5.09. The van der Waals surface area contributed by atoms with E-state index in [1.807, 2.05) is 29.2 Å². The number of nitrogens with zero attached hydrogens (tertiary/aromatic N) is 6. The van der Waals surface area contributed by atoms with E-state index < -0.39 is 0 Å². The summed E-state index contributed by atoms with van der Waals surface area (Å²) in [6.07, 6.45) is 9.64. The second-order valence-corrected chi connectivity index (χ2v) is 6.67. The fourth-order valence-electron chi connectivity index (χ4n) is 3.33. The van der Waals surface area contributed by atoms with Gasteiger partial charge in [0, 0.05) is 56.5 Å². The third-order valence-corrected chi connectivity index (χ3v) is 4.68. The van der Waals surface area contributed by atoms with Gasteiger partial charge in [0.05, 0.1) is 31.1 Å². The minimum atomic E-state index is 0.0885. The normalized spacial score (nSPS) is 17.8. The minimum absolute atomic E-state index is 0.0885. The predicted octanol–water partition coefficient (Wildman–Crippen LogP) is 2.10. The van der Waals surface area contributed by atoms with Gasteiger partial charge in [0.25, 0.3) is 0 Å². The largest absolute Gasteiger partial charge is 0.370 e. The molecule has 7 nitrogen and oxygen atoms in total. The zero-order valence-electron chi connectivity index (χ0n) is 15.0. The SMILES string of the molecule is CCn1cc(CN2Cc3ccnn3C[C@@H](OCc3ccncc3)C2)cn1. The summed E-state index contributed by atoms with van der Waals surface area (Å²) in [6, 6.07) is 6.08. The first-order chi connectivity index (χ1) is 12.8. The number of hydrogen-bond acceptors (Lipinski definition) is 5. The van der Waals surface area contributed by atoms with E-state index in [2.05, 4.69) is 44.0 Å². The van der Waals surface area contributed by atoms with Gasteiger partial charge in [0.2, 0.25) is 0 Å². The first kappa shape index (κ1) is 16.9. The monoisotopic (exact) mass is 352 g/mol. The third kappa shape index (κ3) is 4.00. The summed E-state index contributed by atoms with van der Waals surface area (Å²) >= 11 is 0. The number of aromatic nitrogens is 5. The molecule has 0 unspecified atom stereocenters. The number of rotatable bonds is 6. The maximum atomic E-state index is 6.22. The van der Waals surface area contributed by atoms with Crippen LogP contribution in [0.2, 0.25) is 0 Å². The summed E-state index contributed by atoms with van der Waals surface area (Å²) in [5.74, 6) is 0. The number of hydrogen-bond donors (Lipinski definition) is 0. The molecule has 7 heteroatoms. The molecule has 1 atom stereocenters. The van der Waals surface area contributed by atoms with E-state index in [1.165, 1.54) is 11.3 Å². The van der Waals surface area contributed by atoms with Crippen molar-refractivity contribution in [3.8, 4) is 0 Å². The molecule has 4 rings (SSSR count). The van der Waals surface area contributed by atoms with Crippen LogP contribution in [0.15, 0.2) is 49.2 Å². The highest BCUT2D eigenvalue weighted by Gasteiger charge is 2.23. The molecule has 0 amide bonds. The molecule has 0 saturated carbocycles. The lowest BCUT2D eigenvalue weighted by molar-refractivity contribution is 0.00717. The van der Waals surface area contributed by atoms with Crippen molar-refractivity contribution in [3.63, 3.8) is 0 Å². The lowest BCUT2D eigenvalue weighted by atomic mass is 10.2. The average molecular weight is 352 g/mol. The zero-order chi connectivity index (χ0) is 17.8. The van der Waals surface area contributed by atoms with Gasteiger partial charge in [-0.15, -0.1) is 0 Å². The summed E-state index contributed by atoms with van der Waals surface area (Å²) in [6.45, 7) is 6.96. The third-order valence-electron chi connectivity index (χ3n) is 4.68. The van der Waals surface area contributed by atoms with Gasteiger partial charge < -0.3 is 4.74 Å². The van der Waals surface area contributed by atoms with Crippen LogP contribution in [-0.4, -0.2) is 42.1 Å². The van der Waals surface area contributed by atoms with Crippen LogP contribution in [0.1, 0.15) is 23.7 Å². The summed E-state index contributed by atoms with van der Waals surface area (Å²) in [4.78, 5) is 6.47. The fourth-order valence-corrected chi connectivity index (χ4v) is 3.33. The smallest absolute Gasteiger partial charge is 0.0902 e. The Morgan fingerprint density at radius 2 is 1.96 bits per heavy atom. The second kappa shape index (κ2) is 7.80. The van der Waals surface area contributed by atoms with E-state index in [9.17, 15) is 0 Å². The number of aryl methyl sites for hydroxylation is 1. The van der Waals surface area contributed by atoms with E-state index in [0.29, 0.717) is 6.61 Å². The second-order valence-electron chi connectivity index (χ2n) is 6.67. The Morgan fingerprint density at radius 3 is 2.77 bits per heavy atom. The fraction of sp³-hybridized carbons (Fsp3) is 0.421. The van der Waals surface area contributed by atoms with Crippen molar-refractivity contribution in [1.29, 1.82) is 0 Å². The first-order valence-corrected chi connectivity index (χ1v) is 9.05. The van der Waals surface area contributed by atoms with E-state index in [-0.39, 0.29) is 6.10 Å². The van der Waals surface area contributed by atoms with Crippen molar-refractivity contribution in [2.24, 2.45) is 0 Å². The van der Waals surface area contributed by atoms with Gasteiger partial charge >= 0.3 is 0 Å². The van der Waals surface area contributed by atoms with Crippen molar-refractivity contribution < 1.29 is 4.74 Å². The van der Waals surface area contributed by atoms with Crippen molar-refractivity contribution in [3.05, 3.63) is 66.0 Å². The molecule has 1 aliphatic rings. The molecule has 4 heterocycles. The highest BCUT2D eigenvalue weighted by atomic mass is 16.5. The quantitative estimate of drug-likeness (QED) is 0.680. The van der Waals surface area contributed by atoms with Crippen LogP contribution in [-0.2, 0) is 37.5 Å². The Hall–Kier alpha value is -2.51. The predicted molar refractivity (Wildman–Crippen MR) is 97.1 cm³/mol. The molecule has 0 spiro atoms. The molecular weight excluding hydrogens is 328 g/mol. The van der Waals surface area contributed by atoms with Gasteiger partial charge in [-0.05, 0) is 30.7 Å². The molecule has 0 N–H and O–H groups in total. The molecule has 0 aromatic carbocycles. The average Bonchev–Trinajstić information content (AvgIpc) is 3.26. The van der Waals surface area contributed by atoms with Gasteiger partial charge in [0.1, 0.15) is 0 Å². The van der Waals surface area contributed by atoms with Crippen molar-refractivity contribution in [1.82, 2.24) is 29.4 Å². The number of pyridine rings is 1. The Morgan fingerprint density at radius 1 is 1.08 bits per heavy atom. The summed E-state index contributed by atoms with van der Waals surface area (Å²) < 4.78 is 10.2. The molecule has 0 aliphatic carbocycles. The Kier molecular flexibility index (Phi) is 5.08. The van der Waals surface area contributed by atoms with Crippen LogP contribution >= 0.6 is 0 Å². The summed E-state index contributed by atoms with van der Waals surface area (Å²) in [5.41, 5.74) is 3.59. The lowest BCUT2D eigenvalue weighted by Crippen LogP contribution is -2.32. The maximum absolute atomic E-state index is 6.22. The zero-order valence-corrected chi connectivity index (χ0v) is 15.0. The standard InChI is InChI=1S/C19H24N6O/c1-2-24-11-17(9-22-24)10-23-12-18-5-8-21-25(18)14-19(13-23)26-15-16-3-6-20-7-4-16/h3-9,11,19H,2,10,12-15H2,1H3/t19-/m0/s1. The molecule has 3 aromatic rings. The van der Waals surface area contributed by atoms with Gasteiger partial charge in [0.15, 0.2) is 0 Å². The highest BCUT2D eigenvalue weighted by Crippen LogP contribution is 2.17. The van der Waals surface area contributed by atoms with Crippen LogP contribution in [0.25, 0.3) is 0 Å². The van der Waals surface area contributed by atoms with Gasteiger partial charge in [-0.1, -0.05) is 0 Å². The lowest BCUT2D eigenvalue weighted by Gasteiger charge is -2.23. The van der Waals surface area contributed by atoms with E-state index >= 15 is 0 Å². The van der Waals surface area contributed by atoms with E-state index in [0.717, 1.165) is 38.3 Å². The van der Waals surface area contributed by atoms with Crippen LogP contribution in [0.4, 0.5) is 0 Å². The Labute approximate surface area is 153 Å². The maximum Gasteiger partial charge on any atom is 0.0902 e. The van der Waals surface area contributed by atoms with Crippen molar-refractivity contribution >= 4 is 0 Å². The first-order valence-electron chi connectivity index (χ1n) is 9.05. The number of ether oxygens (including phenoxy) is 1. The number of fused-ring (bicyclic) bond motifs is 1. The minimum Gasteiger partial charge on any atom is -0.370 e. The van der Waals surface area contributed by atoms with Gasteiger partial charge in [-0.2, -0.15) is 10.2 Å². The molecule has 3 aromatic heterocycles. The van der Waals surface area contributed by atoms with Crippen LogP contribution in [0.3, 0.4) is 0 Å². The molecule has 136 valence electrons. The Bertz CT molecular complexity index is 827.